The maximum absolute atomic E-state index is 12.9. The van der Waals surface area contributed by atoms with Crippen molar-refractivity contribution in [1.82, 2.24) is 4.90 Å². The number of carbonyl (C=O) groups is 1. The average molecular weight is 271 g/mol. The van der Waals surface area contributed by atoms with Crippen LogP contribution < -0.4 is 0 Å². The van der Waals surface area contributed by atoms with E-state index >= 15 is 0 Å². The number of likely N-dealkylation sites (N-methyl/N-ethyl adjacent to an activating group) is 1. The molecule has 3 heteroatoms. The Morgan fingerprint density at radius 1 is 1.30 bits per heavy atom. The highest BCUT2D eigenvalue weighted by molar-refractivity contribution is 6.03. The van der Waals surface area contributed by atoms with Gasteiger partial charge in [0.25, 0.3) is 0 Å². The molecule has 4 rings (SSSR count). The molecule has 2 fully saturated rings. The number of fused-ring (bicyclic) bond motifs is 1. The van der Waals surface area contributed by atoms with Crippen LogP contribution in [-0.4, -0.2) is 35.4 Å². The third-order valence-corrected chi connectivity index (χ3v) is 5.94. The molecule has 20 heavy (non-hydrogen) atoms. The van der Waals surface area contributed by atoms with E-state index in [9.17, 15) is 9.90 Å². The van der Waals surface area contributed by atoms with Crippen molar-refractivity contribution in [2.75, 3.05) is 13.6 Å². The smallest absolute Gasteiger partial charge is 0.180 e. The first kappa shape index (κ1) is 12.4. The highest BCUT2D eigenvalue weighted by Gasteiger charge is 2.56. The first-order valence-electron chi connectivity index (χ1n) is 7.71. The number of ketones is 1. The van der Waals surface area contributed by atoms with Gasteiger partial charge in [0.15, 0.2) is 5.78 Å². The van der Waals surface area contributed by atoms with Crippen LogP contribution in [0.15, 0.2) is 18.2 Å². The Bertz CT molecular complexity index is 582. The van der Waals surface area contributed by atoms with Crippen molar-refractivity contribution in [2.24, 2.45) is 5.92 Å². The summed E-state index contributed by atoms with van der Waals surface area (Å²) in [4.78, 5) is 15.1. The second kappa shape index (κ2) is 4.08. The van der Waals surface area contributed by atoms with E-state index in [-0.39, 0.29) is 17.2 Å². The Labute approximate surface area is 119 Å². The van der Waals surface area contributed by atoms with Gasteiger partial charge in [0, 0.05) is 11.0 Å². The molecule has 1 saturated carbocycles. The topological polar surface area (TPSA) is 40.5 Å². The summed E-state index contributed by atoms with van der Waals surface area (Å²) in [5, 5.41) is 9.89. The number of benzene rings is 1. The Morgan fingerprint density at radius 3 is 3.00 bits per heavy atom. The van der Waals surface area contributed by atoms with Gasteiger partial charge in [-0.15, -0.1) is 0 Å². The summed E-state index contributed by atoms with van der Waals surface area (Å²) in [6.45, 7) is 0.988. The number of phenols is 1. The maximum Gasteiger partial charge on any atom is 0.180 e. The number of Topliss-reactive ketones (excluding diaryl/α,β-unsaturated/α-hetero) is 1. The van der Waals surface area contributed by atoms with Gasteiger partial charge in [-0.25, -0.2) is 0 Å². The Kier molecular flexibility index (Phi) is 2.53. The van der Waals surface area contributed by atoms with Gasteiger partial charge in [0.2, 0.25) is 0 Å². The molecular weight excluding hydrogens is 250 g/mol. The van der Waals surface area contributed by atoms with Gasteiger partial charge in [-0.1, -0.05) is 12.8 Å². The molecule has 1 aromatic rings. The molecule has 1 aliphatic heterocycles. The number of likely N-dealkylation sites (tertiary alicyclic amines) is 1. The molecule has 0 spiro atoms. The fraction of sp³-hybridized carbons (Fsp3) is 0.588. The zero-order valence-electron chi connectivity index (χ0n) is 11.9. The molecule has 0 unspecified atom stereocenters. The lowest BCUT2D eigenvalue weighted by atomic mass is 9.52. The van der Waals surface area contributed by atoms with Gasteiger partial charge in [0.05, 0.1) is 6.04 Å². The van der Waals surface area contributed by atoms with Crippen molar-refractivity contribution >= 4 is 5.78 Å². The summed E-state index contributed by atoms with van der Waals surface area (Å²) in [6, 6.07) is 5.42. The van der Waals surface area contributed by atoms with Crippen molar-refractivity contribution in [3.63, 3.8) is 0 Å². The molecule has 1 aromatic carbocycles. The van der Waals surface area contributed by atoms with Crippen LogP contribution in [0.25, 0.3) is 0 Å². The fourth-order valence-corrected chi connectivity index (χ4v) is 5.03. The van der Waals surface area contributed by atoms with Crippen LogP contribution in [-0.2, 0) is 5.41 Å². The second-order valence-electron chi connectivity index (χ2n) is 6.78. The summed E-state index contributed by atoms with van der Waals surface area (Å²) >= 11 is 0. The lowest BCUT2D eigenvalue weighted by Gasteiger charge is -2.57. The first-order valence-corrected chi connectivity index (χ1v) is 7.71. The normalized spacial score (nSPS) is 36.4. The molecule has 3 nitrogen and oxygen atoms in total. The minimum Gasteiger partial charge on any atom is -0.508 e. The quantitative estimate of drug-likeness (QED) is 0.788. The number of nitrogens with zero attached hydrogens (tertiary/aromatic N) is 1. The fourth-order valence-electron chi connectivity index (χ4n) is 5.03. The van der Waals surface area contributed by atoms with E-state index in [4.69, 9.17) is 0 Å². The monoisotopic (exact) mass is 271 g/mol. The third kappa shape index (κ3) is 1.42. The average Bonchev–Trinajstić information content (AvgIpc) is 2.46. The highest BCUT2D eigenvalue weighted by Crippen LogP contribution is 2.55. The molecule has 3 aliphatic rings. The van der Waals surface area contributed by atoms with Crippen LogP contribution in [0, 0.1) is 5.92 Å². The van der Waals surface area contributed by atoms with Crippen LogP contribution in [0.5, 0.6) is 5.75 Å². The summed E-state index contributed by atoms with van der Waals surface area (Å²) in [5.74, 6) is 1.01. The van der Waals surface area contributed by atoms with Gasteiger partial charge < -0.3 is 5.11 Å². The molecule has 0 aromatic heterocycles. The van der Waals surface area contributed by atoms with E-state index in [1.54, 1.807) is 6.07 Å². The Hall–Kier alpha value is -1.35. The van der Waals surface area contributed by atoms with Crippen LogP contribution in [0.3, 0.4) is 0 Å². The molecule has 3 atom stereocenters. The largest absolute Gasteiger partial charge is 0.508 e. The first-order chi connectivity index (χ1) is 9.63. The lowest BCUT2D eigenvalue weighted by Crippen LogP contribution is -2.62. The van der Waals surface area contributed by atoms with Crippen molar-refractivity contribution in [2.45, 2.75) is 43.6 Å². The molecule has 1 N–H and O–H groups in total. The molecule has 0 radical (unpaired) electrons. The summed E-state index contributed by atoms with van der Waals surface area (Å²) in [5.41, 5.74) is 2.13. The van der Waals surface area contributed by atoms with Gasteiger partial charge in [-0.05, 0) is 62.5 Å². The maximum atomic E-state index is 12.9. The van der Waals surface area contributed by atoms with Crippen molar-refractivity contribution in [1.29, 1.82) is 0 Å². The lowest BCUT2D eigenvalue weighted by molar-refractivity contribution is 0.00836. The van der Waals surface area contributed by atoms with Crippen molar-refractivity contribution in [3.05, 3.63) is 29.3 Å². The van der Waals surface area contributed by atoms with E-state index in [0.717, 1.165) is 30.5 Å². The zero-order chi connectivity index (χ0) is 13.9. The standard InChI is InChI=1S/C17H21NO2/c1-18-9-8-17-7-3-2-4-13(17)15(18)16(20)12-6-5-11(19)10-14(12)17/h5-6,10,13,15,19H,2-4,7-9H2,1H3/t13-,15-,17+/m0/s1. The zero-order valence-corrected chi connectivity index (χ0v) is 11.9. The Morgan fingerprint density at radius 2 is 2.15 bits per heavy atom. The van der Waals surface area contributed by atoms with Gasteiger partial charge in [-0.2, -0.15) is 0 Å². The molecule has 1 heterocycles. The number of carbonyl (C=O) groups excluding carboxylic acids is 1. The Balaban J connectivity index is 1.97. The molecule has 0 amide bonds. The minimum absolute atomic E-state index is 0.0566. The predicted molar refractivity (Wildman–Crippen MR) is 77.1 cm³/mol. The van der Waals surface area contributed by atoms with Crippen LogP contribution in [0.4, 0.5) is 0 Å². The third-order valence-electron chi connectivity index (χ3n) is 5.94. The van der Waals surface area contributed by atoms with Crippen molar-refractivity contribution in [3.8, 4) is 5.75 Å². The predicted octanol–water partition coefficient (Wildman–Crippen LogP) is 2.72. The highest BCUT2D eigenvalue weighted by atomic mass is 16.3. The van der Waals surface area contributed by atoms with Gasteiger partial charge in [0.1, 0.15) is 5.75 Å². The number of piperidine rings is 1. The molecule has 2 bridgehead atoms. The van der Waals surface area contributed by atoms with Gasteiger partial charge >= 0.3 is 0 Å². The summed E-state index contributed by atoms with van der Waals surface area (Å²) in [6.07, 6.45) is 5.92. The second-order valence-corrected chi connectivity index (χ2v) is 6.78. The van der Waals surface area contributed by atoms with E-state index in [1.165, 1.54) is 19.3 Å². The van der Waals surface area contributed by atoms with Crippen LogP contribution in [0.2, 0.25) is 0 Å². The SMILES string of the molecule is CN1CC[C@]23CCCC[C@H]2[C@H]1C(=O)c1ccc(O)cc13. The molecule has 1 saturated heterocycles. The summed E-state index contributed by atoms with van der Waals surface area (Å²) in [7, 11) is 2.09. The number of hydrogen-bond acceptors (Lipinski definition) is 3. The minimum atomic E-state index is 0.0566. The van der Waals surface area contributed by atoms with E-state index in [0.29, 0.717) is 11.7 Å². The van der Waals surface area contributed by atoms with E-state index < -0.39 is 0 Å². The van der Waals surface area contributed by atoms with Crippen LogP contribution >= 0.6 is 0 Å². The molecular formula is C17H21NO2. The molecule has 106 valence electrons. The van der Waals surface area contributed by atoms with E-state index in [1.807, 2.05) is 12.1 Å². The van der Waals surface area contributed by atoms with Crippen molar-refractivity contribution < 1.29 is 9.90 Å². The number of phenolic OH excluding ortho intramolecular Hbond substituents is 1. The number of aromatic hydroxyl groups is 1. The number of hydrogen-bond donors (Lipinski definition) is 1. The van der Waals surface area contributed by atoms with Gasteiger partial charge in [-0.3, -0.25) is 9.69 Å². The molecule has 2 aliphatic carbocycles. The summed E-state index contributed by atoms with van der Waals surface area (Å²) < 4.78 is 0. The number of rotatable bonds is 0. The van der Waals surface area contributed by atoms with E-state index in [2.05, 4.69) is 11.9 Å². The van der Waals surface area contributed by atoms with Crippen LogP contribution in [0.1, 0.15) is 48.0 Å².